The average Bonchev–Trinajstić information content (AvgIpc) is 3.15. The number of hydrogen-bond donors (Lipinski definition) is 1. The van der Waals surface area contributed by atoms with Crippen molar-refractivity contribution in [3.8, 4) is 23.1 Å². The lowest BCUT2D eigenvalue weighted by molar-refractivity contribution is 0.415. The lowest BCUT2D eigenvalue weighted by atomic mass is 10.2. The molecule has 0 unspecified atom stereocenters. The molecular formula is C20H16FN3OS. The third kappa shape index (κ3) is 3.90. The molecule has 0 aliphatic carbocycles. The minimum Gasteiger partial charge on any atom is -0.497 e. The summed E-state index contributed by atoms with van der Waals surface area (Å²) in [6.07, 6.45) is 1.54. The van der Waals surface area contributed by atoms with Crippen LogP contribution < -0.4 is 10.1 Å². The van der Waals surface area contributed by atoms with Gasteiger partial charge in [-0.25, -0.2) is 9.37 Å². The van der Waals surface area contributed by atoms with Gasteiger partial charge in [0.2, 0.25) is 0 Å². The molecule has 3 rings (SSSR count). The number of aryl methyl sites for hydroxylation is 1. The first-order valence-electron chi connectivity index (χ1n) is 7.84. The Labute approximate surface area is 155 Å². The predicted octanol–water partition coefficient (Wildman–Crippen LogP) is 5.24. The first-order valence-corrected chi connectivity index (χ1v) is 8.72. The summed E-state index contributed by atoms with van der Waals surface area (Å²) in [6.45, 7) is 1.70. The Kier molecular flexibility index (Phi) is 5.30. The highest BCUT2D eigenvalue weighted by Gasteiger charge is 2.09. The highest BCUT2D eigenvalue weighted by Crippen LogP contribution is 2.27. The minimum absolute atomic E-state index is 0.294. The molecule has 0 saturated heterocycles. The van der Waals surface area contributed by atoms with E-state index in [4.69, 9.17) is 4.74 Å². The van der Waals surface area contributed by atoms with Gasteiger partial charge in [-0.3, -0.25) is 0 Å². The quantitative estimate of drug-likeness (QED) is 0.628. The third-order valence-electron chi connectivity index (χ3n) is 3.80. The molecule has 26 heavy (non-hydrogen) atoms. The van der Waals surface area contributed by atoms with Gasteiger partial charge in [-0.2, -0.15) is 5.26 Å². The number of allylic oxidation sites excluding steroid dienone is 1. The standard InChI is InChI=1S/C20H16FN3OS/c1-13-3-6-16(9-18(13)21)23-11-15(10-22)20-24-19(12-26-20)14-4-7-17(25-2)8-5-14/h3-9,11-12,23H,1-2H3. The Morgan fingerprint density at radius 3 is 2.69 bits per heavy atom. The van der Waals surface area contributed by atoms with Crippen LogP contribution in [-0.2, 0) is 0 Å². The molecule has 0 fully saturated rings. The molecule has 0 radical (unpaired) electrons. The number of ether oxygens (including phenoxy) is 1. The molecule has 130 valence electrons. The molecule has 0 amide bonds. The van der Waals surface area contributed by atoms with Gasteiger partial charge in [0.1, 0.15) is 28.2 Å². The summed E-state index contributed by atoms with van der Waals surface area (Å²) < 4.78 is 18.8. The van der Waals surface area contributed by atoms with Crippen LogP contribution in [0.5, 0.6) is 5.75 Å². The van der Waals surface area contributed by atoms with Crippen LogP contribution in [0.3, 0.4) is 0 Å². The first kappa shape index (κ1) is 17.6. The molecule has 0 saturated carbocycles. The van der Waals surface area contributed by atoms with Crippen LogP contribution in [0.25, 0.3) is 16.8 Å². The van der Waals surface area contributed by atoms with Crippen molar-refractivity contribution in [3.63, 3.8) is 0 Å². The van der Waals surface area contributed by atoms with Crippen molar-refractivity contribution in [3.05, 3.63) is 70.4 Å². The number of nitrogens with zero attached hydrogens (tertiary/aromatic N) is 2. The Morgan fingerprint density at radius 1 is 1.27 bits per heavy atom. The smallest absolute Gasteiger partial charge is 0.136 e. The second-order valence-corrected chi connectivity index (χ2v) is 6.40. The molecule has 3 aromatic rings. The molecule has 1 aromatic heterocycles. The van der Waals surface area contributed by atoms with E-state index in [1.807, 2.05) is 29.6 Å². The zero-order valence-corrected chi connectivity index (χ0v) is 15.1. The van der Waals surface area contributed by atoms with Crippen molar-refractivity contribution in [1.82, 2.24) is 4.98 Å². The van der Waals surface area contributed by atoms with Gasteiger partial charge in [0.15, 0.2) is 0 Å². The number of halogens is 1. The Bertz CT molecular complexity index is 987. The molecule has 6 heteroatoms. The van der Waals surface area contributed by atoms with Crippen LogP contribution >= 0.6 is 11.3 Å². The van der Waals surface area contributed by atoms with E-state index in [2.05, 4.69) is 16.4 Å². The van der Waals surface area contributed by atoms with E-state index in [0.29, 0.717) is 21.8 Å². The number of nitriles is 1. The summed E-state index contributed by atoms with van der Waals surface area (Å²) in [4.78, 5) is 4.52. The maximum Gasteiger partial charge on any atom is 0.136 e. The molecule has 2 aromatic carbocycles. The molecule has 0 atom stereocenters. The maximum atomic E-state index is 13.6. The van der Waals surface area contributed by atoms with Crippen LogP contribution in [0.15, 0.2) is 54.0 Å². The summed E-state index contributed by atoms with van der Waals surface area (Å²) in [6, 6.07) is 14.5. The molecule has 0 aliphatic heterocycles. The number of anilines is 1. The van der Waals surface area contributed by atoms with Gasteiger partial charge >= 0.3 is 0 Å². The van der Waals surface area contributed by atoms with Crippen LogP contribution in [0.4, 0.5) is 10.1 Å². The fourth-order valence-electron chi connectivity index (χ4n) is 2.27. The van der Waals surface area contributed by atoms with Crippen LogP contribution in [0, 0.1) is 24.1 Å². The molecule has 1 N–H and O–H groups in total. The van der Waals surface area contributed by atoms with Crippen molar-refractivity contribution in [2.75, 3.05) is 12.4 Å². The number of methoxy groups -OCH3 is 1. The highest BCUT2D eigenvalue weighted by molar-refractivity contribution is 7.11. The summed E-state index contributed by atoms with van der Waals surface area (Å²) in [5, 5.41) is 14.9. The molecule has 0 bridgehead atoms. The van der Waals surface area contributed by atoms with Crippen molar-refractivity contribution in [2.24, 2.45) is 0 Å². The third-order valence-corrected chi connectivity index (χ3v) is 4.67. The summed E-state index contributed by atoms with van der Waals surface area (Å²) in [5.74, 6) is 0.481. The number of nitrogens with one attached hydrogen (secondary N) is 1. The van der Waals surface area contributed by atoms with E-state index in [9.17, 15) is 9.65 Å². The molecule has 0 aliphatic rings. The second kappa shape index (κ2) is 7.81. The van der Waals surface area contributed by atoms with Crippen molar-refractivity contribution in [2.45, 2.75) is 6.92 Å². The van der Waals surface area contributed by atoms with Crippen molar-refractivity contribution >= 4 is 22.6 Å². The lowest BCUT2D eigenvalue weighted by Crippen LogP contribution is -1.93. The zero-order chi connectivity index (χ0) is 18.5. The Hall–Kier alpha value is -3.17. The monoisotopic (exact) mass is 365 g/mol. The van der Waals surface area contributed by atoms with E-state index >= 15 is 0 Å². The van der Waals surface area contributed by atoms with Gasteiger partial charge in [0.05, 0.1) is 12.8 Å². The summed E-state index contributed by atoms with van der Waals surface area (Å²) >= 11 is 1.38. The van der Waals surface area contributed by atoms with Gasteiger partial charge in [-0.1, -0.05) is 6.07 Å². The number of aromatic nitrogens is 1. The molecule has 1 heterocycles. The van der Waals surface area contributed by atoms with E-state index < -0.39 is 0 Å². The van der Waals surface area contributed by atoms with Gasteiger partial charge in [-0.05, 0) is 48.9 Å². The summed E-state index contributed by atoms with van der Waals surface area (Å²) in [7, 11) is 1.62. The van der Waals surface area contributed by atoms with Gasteiger partial charge in [0.25, 0.3) is 0 Å². The maximum absolute atomic E-state index is 13.6. The Morgan fingerprint density at radius 2 is 2.04 bits per heavy atom. The highest BCUT2D eigenvalue weighted by atomic mass is 32.1. The van der Waals surface area contributed by atoms with Gasteiger partial charge < -0.3 is 10.1 Å². The molecule has 4 nitrogen and oxygen atoms in total. The number of benzene rings is 2. The van der Waals surface area contributed by atoms with Gasteiger partial charge in [-0.15, -0.1) is 11.3 Å². The Balaban J connectivity index is 1.81. The fraction of sp³-hybridized carbons (Fsp3) is 0.100. The van der Waals surface area contributed by atoms with Crippen LogP contribution in [-0.4, -0.2) is 12.1 Å². The van der Waals surface area contributed by atoms with E-state index in [-0.39, 0.29) is 5.82 Å². The van der Waals surface area contributed by atoms with Crippen molar-refractivity contribution in [1.29, 1.82) is 5.26 Å². The SMILES string of the molecule is COc1ccc(-c2csc(C(C#N)=CNc3ccc(C)c(F)c3)n2)cc1. The predicted molar refractivity (Wildman–Crippen MR) is 102 cm³/mol. The first-order chi connectivity index (χ1) is 12.6. The largest absolute Gasteiger partial charge is 0.497 e. The zero-order valence-electron chi connectivity index (χ0n) is 14.3. The normalized spacial score (nSPS) is 11.1. The average molecular weight is 365 g/mol. The summed E-state index contributed by atoms with van der Waals surface area (Å²) in [5.41, 5.74) is 3.27. The lowest BCUT2D eigenvalue weighted by Gasteiger charge is -2.03. The number of rotatable bonds is 5. The van der Waals surface area contributed by atoms with E-state index in [1.54, 1.807) is 32.4 Å². The second-order valence-electron chi connectivity index (χ2n) is 5.54. The number of hydrogen-bond acceptors (Lipinski definition) is 5. The van der Waals surface area contributed by atoms with E-state index in [0.717, 1.165) is 17.0 Å². The van der Waals surface area contributed by atoms with Gasteiger partial charge in [0, 0.05) is 22.8 Å². The van der Waals surface area contributed by atoms with Crippen LogP contribution in [0.1, 0.15) is 10.6 Å². The topological polar surface area (TPSA) is 57.9 Å². The number of thiazole rings is 1. The molecular weight excluding hydrogens is 349 g/mol. The van der Waals surface area contributed by atoms with Crippen molar-refractivity contribution < 1.29 is 9.13 Å². The fourth-order valence-corrected chi connectivity index (χ4v) is 3.07. The van der Waals surface area contributed by atoms with Crippen LogP contribution in [0.2, 0.25) is 0 Å². The minimum atomic E-state index is -0.294. The van der Waals surface area contributed by atoms with E-state index in [1.165, 1.54) is 17.4 Å². The molecule has 0 spiro atoms.